The van der Waals surface area contributed by atoms with Crippen molar-refractivity contribution < 1.29 is 13.2 Å². The third-order valence-corrected chi connectivity index (χ3v) is 9.58. The van der Waals surface area contributed by atoms with Crippen molar-refractivity contribution >= 4 is 38.9 Å². The van der Waals surface area contributed by atoms with Crippen molar-refractivity contribution in [3.63, 3.8) is 0 Å². The standard InChI is InChI=1S/C28H35Cl2NO3S/c1-6-16-28(4)18-23(20-10-9-11-22(30)17-20)26(19-12-14-21(29)15-13-19)31(27(28)32)24(7-2)25(8-3)35(5,33)34/h6,9-15,17,23-26H,1,7-8,16,18H2,2-5H3/t23-,24+,25-,26-,28+/m1/s1. The molecule has 0 N–H and O–H groups in total. The smallest absolute Gasteiger partial charge is 0.229 e. The summed E-state index contributed by atoms with van der Waals surface area (Å²) in [6.07, 6.45) is 5.09. The van der Waals surface area contributed by atoms with Gasteiger partial charge in [0.25, 0.3) is 0 Å². The van der Waals surface area contributed by atoms with Gasteiger partial charge in [-0.05, 0) is 61.1 Å². The number of benzene rings is 2. The van der Waals surface area contributed by atoms with E-state index in [1.807, 2.05) is 74.2 Å². The molecule has 0 radical (unpaired) electrons. The number of halogens is 2. The molecule has 0 unspecified atom stereocenters. The van der Waals surface area contributed by atoms with Crippen LogP contribution >= 0.6 is 23.2 Å². The quantitative estimate of drug-likeness (QED) is 0.318. The van der Waals surface area contributed by atoms with Crippen LogP contribution in [0.4, 0.5) is 0 Å². The molecule has 1 aliphatic heterocycles. The third-order valence-electron chi connectivity index (χ3n) is 7.34. The number of hydrogen-bond acceptors (Lipinski definition) is 3. The summed E-state index contributed by atoms with van der Waals surface area (Å²) in [5, 5.41) is 0.561. The van der Waals surface area contributed by atoms with Crippen molar-refractivity contribution in [2.24, 2.45) is 5.41 Å². The van der Waals surface area contributed by atoms with Crippen LogP contribution in [0.1, 0.15) is 69.5 Å². The SMILES string of the molecule is C=CC[C@@]1(C)C[C@H](c2cccc(Cl)c2)[C@@H](c2ccc(Cl)cc2)N([C@@H](CC)[C@@H](CC)S(C)(=O)=O)C1=O. The first kappa shape index (κ1) is 27.8. The highest BCUT2D eigenvalue weighted by Crippen LogP contribution is 2.52. The molecule has 1 aliphatic rings. The predicted molar refractivity (Wildman–Crippen MR) is 146 cm³/mol. The predicted octanol–water partition coefficient (Wildman–Crippen LogP) is 7.23. The maximum atomic E-state index is 14.3. The van der Waals surface area contributed by atoms with Crippen molar-refractivity contribution in [1.82, 2.24) is 4.90 Å². The third kappa shape index (κ3) is 5.79. The average Bonchev–Trinajstić information content (AvgIpc) is 2.79. The molecule has 2 aromatic rings. The van der Waals surface area contributed by atoms with E-state index in [2.05, 4.69) is 6.58 Å². The van der Waals surface area contributed by atoms with E-state index < -0.39 is 26.5 Å². The molecule has 0 saturated carbocycles. The van der Waals surface area contributed by atoms with E-state index in [1.165, 1.54) is 6.26 Å². The van der Waals surface area contributed by atoms with Crippen LogP contribution in [0.2, 0.25) is 10.0 Å². The van der Waals surface area contributed by atoms with Crippen LogP contribution in [-0.2, 0) is 14.6 Å². The second-order valence-corrected chi connectivity index (χ2v) is 13.0. The van der Waals surface area contributed by atoms with Gasteiger partial charge in [0.05, 0.1) is 16.7 Å². The van der Waals surface area contributed by atoms with Gasteiger partial charge in [-0.15, -0.1) is 6.58 Å². The Kier molecular flexibility index (Phi) is 8.77. The van der Waals surface area contributed by atoms with Gasteiger partial charge in [0.1, 0.15) is 0 Å². The molecule has 0 bridgehead atoms. The highest BCUT2D eigenvalue weighted by atomic mass is 35.5. The first-order valence-electron chi connectivity index (χ1n) is 12.1. The molecule has 3 rings (SSSR count). The molecule has 4 nitrogen and oxygen atoms in total. The number of carbonyl (C=O) groups excluding carboxylic acids is 1. The minimum Gasteiger partial charge on any atom is -0.330 e. The van der Waals surface area contributed by atoms with Crippen LogP contribution in [0.15, 0.2) is 61.2 Å². The van der Waals surface area contributed by atoms with Gasteiger partial charge in [0.15, 0.2) is 9.84 Å². The normalized spacial score (nSPS) is 24.7. The highest BCUT2D eigenvalue weighted by Gasteiger charge is 2.52. The van der Waals surface area contributed by atoms with E-state index in [0.29, 0.717) is 35.7 Å². The maximum Gasteiger partial charge on any atom is 0.229 e. The Bertz CT molecular complexity index is 1160. The zero-order valence-electron chi connectivity index (χ0n) is 20.9. The molecular formula is C28H35Cl2NO3S. The average molecular weight is 537 g/mol. The monoisotopic (exact) mass is 535 g/mol. The van der Waals surface area contributed by atoms with Gasteiger partial charge in [-0.3, -0.25) is 4.79 Å². The molecule has 1 saturated heterocycles. The molecule has 0 spiro atoms. The number of hydrogen-bond donors (Lipinski definition) is 0. The van der Waals surface area contributed by atoms with Crippen LogP contribution in [0.5, 0.6) is 0 Å². The van der Waals surface area contributed by atoms with Gasteiger partial charge in [-0.2, -0.15) is 0 Å². The molecule has 35 heavy (non-hydrogen) atoms. The Hall–Kier alpha value is -1.82. The van der Waals surface area contributed by atoms with Crippen LogP contribution in [0.25, 0.3) is 0 Å². The maximum absolute atomic E-state index is 14.3. The van der Waals surface area contributed by atoms with E-state index in [-0.39, 0.29) is 17.9 Å². The first-order valence-corrected chi connectivity index (χ1v) is 14.8. The second-order valence-electron chi connectivity index (χ2n) is 9.88. The molecule has 0 aromatic heterocycles. The van der Waals surface area contributed by atoms with Gasteiger partial charge in [-0.25, -0.2) is 8.42 Å². The largest absolute Gasteiger partial charge is 0.330 e. The van der Waals surface area contributed by atoms with Crippen LogP contribution in [0, 0.1) is 5.41 Å². The lowest BCUT2D eigenvalue weighted by Gasteiger charge is -2.53. The zero-order chi connectivity index (χ0) is 26.0. The van der Waals surface area contributed by atoms with Crippen LogP contribution < -0.4 is 0 Å². The molecule has 0 aliphatic carbocycles. The lowest BCUT2D eigenvalue weighted by Crippen LogP contribution is -2.59. The van der Waals surface area contributed by atoms with Crippen molar-refractivity contribution in [3.05, 3.63) is 82.4 Å². The fourth-order valence-electron chi connectivity index (χ4n) is 5.75. The van der Waals surface area contributed by atoms with E-state index >= 15 is 0 Å². The number of nitrogens with zero attached hydrogens (tertiary/aromatic N) is 1. The van der Waals surface area contributed by atoms with Gasteiger partial charge in [0, 0.05) is 28.3 Å². The minimum absolute atomic E-state index is 0.0374. The molecule has 7 heteroatoms. The Morgan fingerprint density at radius 1 is 1.09 bits per heavy atom. The van der Waals surface area contributed by atoms with E-state index in [1.54, 1.807) is 6.08 Å². The van der Waals surface area contributed by atoms with Crippen LogP contribution in [-0.4, -0.2) is 36.8 Å². The van der Waals surface area contributed by atoms with Crippen molar-refractivity contribution in [2.75, 3.05) is 6.26 Å². The summed E-state index contributed by atoms with van der Waals surface area (Å²) >= 11 is 12.6. The molecular weight excluding hydrogens is 501 g/mol. The van der Waals surface area contributed by atoms with Crippen LogP contribution in [0.3, 0.4) is 0 Å². The summed E-state index contributed by atoms with van der Waals surface area (Å²) in [6.45, 7) is 9.71. The fourth-order valence-corrected chi connectivity index (χ4v) is 7.58. The molecule has 2 aromatic carbocycles. The summed E-state index contributed by atoms with van der Waals surface area (Å²) in [6, 6.07) is 14.4. The molecule has 190 valence electrons. The fraction of sp³-hybridized carbons (Fsp3) is 0.464. The molecule has 1 amide bonds. The Labute approximate surface area is 220 Å². The summed E-state index contributed by atoms with van der Waals surface area (Å²) < 4.78 is 25.8. The van der Waals surface area contributed by atoms with E-state index in [0.717, 1.165) is 11.1 Å². The number of sulfone groups is 1. The summed E-state index contributed by atoms with van der Waals surface area (Å²) in [5.41, 5.74) is 1.23. The van der Waals surface area contributed by atoms with Gasteiger partial charge in [-0.1, -0.05) is 74.3 Å². The summed E-state index contributed by atoms with van der Waals surface area (Å²) in [4.78, 5) is 16.2. The highest BCUT2D eigenvalue weighted by molar-refractivity contribution is 7.91. The Balaban J connectivity index is 2.31. The second kappa shape index (κ2) is 11.1. The van der Waals surface area contributed by atoms with E-state index in [4.69, 9.17) is 23.2 Å². The number of likely N-dealkylation sites (tertiary alicyclic amines) is 1. The first-order chi connectivity index (χ1) is 16.5. The minimum atomic E-state index is -3.41. The summed E-state index contributed by atoms with van der Waals surface area (Å²) in [5.74, 6) is -0.131. The zero-order valence-corrected chi connectivity index (χ0v) is 23.2. The molecule has 5 atom stereocenters. The number of carbonyl (C=O) groups is 1. The van der Waals surface area contributed by atoms with E-state index in [9.17, 15) is 13.2 Å². The molecule has 1 heterocycles. The van der Waals surface area contributed by atoms with Crippen molar-refractivity contribution in [3.8, 4) is 0 Å². The van der Waals surface area contributed by atoms with Crippen molar-refractivity contribution in [2.45, 2.75) is 69.7 Å². The molecule has 1 fully saturated rings. The number of rotatable bonds is 9. The Morgan fingerprint density at radius 2 is 1.74 bits per heavy atom. The van der Waals surface area contributed by atoms with Crippen molar-refractivity contribution in [1.29, 1.82) is 0 Å². The Morgan fingerprint density at radius 3 is 2.26 bits per heavy atom. The lowest BCUT2D eigenvalue weighted by molar-refractivity contribution is -0.154. The lowest BCUT2D eigenvalue weighted by atomic mass is 9.67. The van der Waals surface area contributed by atoms with Gasteiger partial charge < -0.3 is 4.90 Å². The van der Waals surface area contributed by atoms with Gasteiger partial charge in [0.2, 0.25) is 5.91 Å². The topological polar surface area (TPSA) is 54.5 Å². The number of amides is 1. The number of piperidine rings is 1. The number of allylic oxidation sites excluding steroid dienone is 1. The van der Waals surface area contributed by atoms with Gasteiger partial charge >= 0.3 is 0 Å². The summed E-state index contributed by atoms with van der Waals surface area (Å²) in [7, 11) is -3.41.